The number of piperidine rings is 1. The van der Waals surface area contributed by atoms with Crippen molar-refractivity contribution in [2.24, 2.45) is 0 Å². The van der Waals surface area contributed by atoms with Gasteiger partial charge in [0.05, 0.1) is 6.10 Å². The fourth-order valence-corrected chi connectivity index (χ4v) is 2.20. The van der Waals surface area contributed by atoms with E-state index in [-0.39, 0.29) is 0 Å². The van der Waals surface area contributed by atoms with Gasteiger partial charge in [0.2, 0.25) is 0 Å². The van der Waals surface area contributed by atoms with Gasteiger partial charge in [0.15, 0.2) is 0 Å². The Morgan fingerprint density at radius 1 is 1.20 bits per heavy atom. The van der Waals surface area contributed by atoms with Gasteiger partial charge in [-0.1, -0.05) is 0 Å². The maximum atomic E-state index is 5.33. The molecule has 2 rings (SSSR count). The van der Waals surface area contributed by atoms with E-state index in [2.05, 4.69) is 5.32 Å². The molecule has 2 saturated heterocycles. The van der Waals surface area contributed by atoms with Gasteiger partial charge in [0.25, 0.3) is 0 Å². The Morgan fingerprint density at radius 2 is 1.80 bits per heavy atom. The van der Waals surface area contributed by atoms with E-state index < -0.39 is 0 Å². The molecule has 2 bridgehead atoms. The van der Waals surface area contributed by atoms with Gasteiger partial charge < -0.3 is 10.1 Å². The predicted octanol–water partition coefficient (Wildman–Crippen LogP) is 0.916. The Balaban J connectivity index is 1.96. The lowest BCUT2D eigenvalue weighted by Crippen LogP contribution is -2.40. The van der Waals surface area contributed by atoms with Gasteiger partial charge >= 0.3 is 0 Å². The summed E-state index contributed by atoms with van der Waals surface area (Å²) in [4.78, 5) is 0. The van der Waals surface area contributed by atoms with Gasteiger partial charge in [-0.25, -0.2) is 0 Å². The summed E-state index contributed by atoms with van der Waals surface area (Å²) in [6, 6.07) is 1.53. The van der Waals surface area contributed by atoms with Crippen LogP contribution >= 0.6 is 0 Å². The Morgan fingerprint density at radius 3 is 2.30 bits per heavy atom. The minimum Gasteiger partial charge on any atom is -0.381 e. The molecule has 0 amide bonds. The summed E-state index contributed by atoms with van der Waals surface area (Å²) in [5.74, 6) is 0. The molecule has 2 unspecified atom stereocenters. The zero-order valence-corrected chi connectivity index (χ0v) is 6.47. The zero-order valence-electron chi connectivity index (χ0n) is 6.47. The van der Waals surface area contributed by atoms with Crippen molar-refractivity contribution in [3.8, 4) is 0 Å². The second-order valence-electron chi connectivity index (χ2n) is 3.47. The molecule has 0 aromatic carbocycles. The summed E-state index contributed by atoms with van der Waals surface area (Å²) in [7, 11) is 1.83. The first-order valence-electron chi connectivity index (χ1n) is 4.17. The summed E-state index contributed by atoms with van der Waals surface area (Å²) >= 11 is 0. The minimum atomic E-state index is 0.541. The Hall–Kier alpha value is -0.0800. The molecule has 2 aliphatic rings. The fraction of sp³-hybridized carbons (Fsp3) is 1.00. The minimum absolute atomic E-state index is 0.541. The smallest absolute Gasteiger partial charge is 0.0601 e. The molecule has 0 aliphatic carbocycles. The number of ether oxygens (including phenoxy) is 1. The van der Waals surface area contributed by atoms with Crippen LogP contribution in [0.15, 0.2) is 0 Å². The first-order chi connectivity index (χ1) is 4.88. The summed E-state index contributed by atoms with van der Waals surface area (Å²) in [5.41, 5.74) is 0. The molecule has 0 spiro atoms. The van der Waals surface area contributed by atoms with E-state index >= 15 is 0 Å². The quantitative estimate of drug-likeness (QED) is 0.586. The fourth-order valence-electron chi connectivity index (χ4n) is 2.20. The Kier molecular flexibility index (Phi) is 1.66. The number of nitrogens with one attached hydrogen (secondary N) is 1. The highest BCUT2D eigenvalue weighted by Crippen LogP contribution is 2.27. The first-order valence-corrected chi connectivity index (χ1v) is 4.17. The van der Waals surface area contributed by atoms with Gasteiger partial charge in [0.1, 0.15) is 0 Å². The van der Waals surface area contributed by atoms with E-state index in [1.165, 1.54) is 25.7 Å². The number of methoxy groups -OCH3 is 1. The summed E-state index contributed by atoms with van der Waals surface area (Å²) < 4.78 is 5.33. The maximum Gasteiger partial charge on any atom is 0.0601 e. The van der Waals surface area contributed by atoms with Crippen LogP contribution in [0.5, 0.6) is 0 Å². The lowest BCUT2D eigenvalue weighted by atomic mass is 10.0. The van der Waals surface area contributed by atoms with Crippen molar-refractivity contribution in [1.29, 1.82) is 0 Å². The Bertz CT molecular complexity index is 114. The van der Waals surface area contributed by atoms with Crippen molar-refractivity contribution in [1.82, 2.24) is 5.32 Å². The van der Waals surface area contributed by atoms with Crippen LogP contribution in [0, 0.1) is 0 Å². The van der Waals surface area contributed by atoms with Gasteiger partial charge in [-0.3, -0.25) is 0 Å². The SMILES string of the molecule is COC1CC2CCC(C1)N2. The highest BCUT2D eigenvalue weighted by Gasteiger charge is 2.33. The molecule has 2 heteroatoms. The topological polar surface area (TPSA) is 21.3 Å². The van der Waals surface area contributed by atoms with Crippen molar-refractivity contribution < 1.29 is 4.74 Å². The standard InChI is InChI=1S/C8H15NO/c1-10-8-4-6-2-3-7(5-8)9-6/h6-9H,2-5H2,1H3. The number of rotatable bonds is 1. The molecule has 0 aromatic heterocycles. The summed E-state index contributed by atoms with van der Waals surface area (Å²) in [5, 5.41) is 3.57. The third kappa shape index (κ3) is 1.06. The average molecular weight is 141 g/mol. The third-order valence-corrected chi connectivity index (χ3v) is 2.76. The molecule has 1 N–H and O–H groups in total. The van der Waals surface area contributed by atoms with Crippen molar-refractivity contribution >= 4 is 0 Å². The van der Waals surface area contributed by atoms with E-state index in [0.717, 1.165) is 12.1 Å². The van der Waals surface area contributed by atoms with Gasteiger partial charge in [0, 0.05) is 19.2 Å². The van der Waals surface area contributed by atoms with E-state index in [0.29, 0.717) is 6.10 Å². The highest BCUT2D eigenvalue weighted by atomic mass is 16.5. The van der Waals surface area contributed by atoms with Crippen LogP contribution < -0.4 is 5.32 Å². The monoisotopic (exact) mass is 141 g/mol. The van der Waals surface area contributed by atoms with Gasteiger partial charge in [-0.15, -0.1) is 0 Å². The van der Waals surface area contributed by atoms with E-state index in [4.69, 9.17) is 4.74 Å². The first kappa shape index (κ1) is 6.62. The van der Waals surface area contributed by atoms with Crippen molar-refractivity contribution in [3.63, 3.8) is 0 Å². The molecule has 2 heterocycles. The van der Waals surface area contributed by atoms with Crippen LogP contribution in [0.2, 0.25) is 0 Å². The second-order valence-corrected chi connectivity index (χ2v) is 3.47. The largest absolute Gasteiger partial charge is 0.381 e. The van der Waals surface area contributed by atoms with Crippen LogP contribution in [0.1, 0.15) is 25.7 Å². The number of fused-ring (bicyclic) bond motifs is 2. The molecule has 0 aromatic rings. The average Bonchev–Trinajstić information content (AvgIpc) is 2.30. The van der Waals surface area contributed by atoms with E-state index in [1.807, 2.05) is 7.11 Å². The van der Waals surface area contributed by atoms with Gasteiger partial charge in [-0.05, 0) is 25.7 Å². The van der Waals surface area contributed by atoms with Crippen LogP contribution in [0.4, 0.5) is 0 Å². The molecule has 2 nitrogen and oxygen atoms in total. The molecule has 0 radical (unpaired) electrons. The lowest BCUT2D eigenvalue weighted by molar-refractivity contribution is 0.0601. The molecule has 2 fully saturated rings. The van der Waals surface area contributed by atoms with Crippen molar-refractivity contribution in [2.45, 2.75) is 43.9 Å². The number of hydrogen-bond acceptors (Lipinski definition) is 2. The zero-order chi connectivity index (χ0) is 6.97. The van der Waals surface area contributed by atoms with E-state index in [1.54, 1.807) is 0 Å². The van der Waals surface area contributed by atoms with Crippen LogP contribution in [0.3, 0.4) is 0 Å². The summed E-state index contributed by atoms with van der Waals surface area (Å²) in [6.45, 7) is 0. The van der Waals surface area contributed by atoms with Crippen molar-refractivity contribution in [3.05, 3.63) is 0 Å². The summed E-state index contributed by atoms with van der Waals surface area (Å²) in [6.07, 6.45) is 5.73. The third-order valence-electron chi connectivity index (χ3n) is 2.76. The molecule has 10 heavy (non-hydrogen) atoms. The van der Waals surface area contributed by atoms with Crippen LogP contribution in [0.25, 0.3) is 0 Å². The molecule has 58 valence electrons. The van der Waals surface area contributed by atoms with Gasteiger partial charge in [-0.2, -0.15) is 0 Å². The molecule has 0 saturated carbocycles. The molecular weight excluding hydrogens is 126 g/mol. The lowest BCUT2D eigenvalue weighted by Gasteiger charge is -2.27. The van der Waals surface area contributed by atoms with Crippen LogP contribution in [-0.4, -0.2) is 25.3 Å². The van der Waals surface area contributed by atoms with Crippen LogP contribution in [-0.2, 0) is 4.74 Å². The second kappa shape index (κ2) is 2.51. The predicted molar refractivity (Wildman–Crippen MR) is 40.0 cm³/mol. The Labute approximate surface area is 61.9 Å². The highest BCUT2D eigenvalue weighted by molar-refractivity contribution is 4.92. The molecule has 2 aliphatic heterocycles. The maximum absolute atomic E-state index is 5.33. The van der Waals surface area contributed by atoms with Crippen molar-refractivity contribution in [2.75, 3.05) is 7.11 Å². The number of hydrogen-bond donors (Lipinski definition) is 1. The van der Waals surface area contributed by atoms with E-state index in [9.17, 15) is 0 Å². The molecule has 2 atom stereocenters. The normalized spacial score (nSPS) is 45.9. The molecular formula is C8H15NO.